The highest BCUT2D eigenvalue weighted by atomic mass is 15.2. The molecule has 0 bridgehead atoms. The first kappa shape index (κ1) is 15.1. The van der Waals surface area contributed by atoms with Crippen molar-refractivity contribution in [3.8, 4) is 0 Å². The maximum Gasteiger partial charge on any atom is 0.00965 e. The Balaban J connectivity index is 1.37. The highest BCUT2D eigenvalue weighted by Crippen LogP contribution is 2.28. The fourth-order valence-electron chi connectivity index (χ4n) is 3.56. The van der Waals surface area contributed by atoms with Gasteiger partial charge in [-0.3, -0.25) is 0 Å². The quantitative estimate of drug-likeness (QED) is 0.736. The number of aryl methyl sites for hydroxylation is 1. The van der Waals surface area contributed by atoms with Gasteiger partial charge >= 0.3 is 0 Å². The van der Waals surface area contributed by atoms with Crippen molar-refractivity contribution in [1.29, 1.82) is 0 Å². The second kappa shape index (κ2) is 7.95. The van der Waals surface area contributed by atoms with Gasteiger partial charge in [0.05, 0.1) is 0 Å². The third-order valence-electron chi connectivity index (χ3n) is 4.96. The predicted octanol–water partition coefficient (Wildman–Crippen LogP) is 3.47. The molecule has 1 aliphatic heterocycles. The Morgan fingerprint density at radius 2 is 1.90 bits per heavy atom. The molecule has 116 valence electrons. The van der Waals surface area contributed by atoms with Crippen molar-refractivity contribution < 1.29 is 0 Å². The molecule has 0 spiro atoms. The van der Waals surface area contributed by atoms with Crippen LogP contribution in [-0.2, 0) is 6.42 Å². The minimum atomic E-state index is 0.897. The summed E-state index contributed by atoms with van der Waals surface area (Å²) in [6.07, 6.45) is 9.61. The molecule has 1 saturated heterocycles. The summed E-state index contributed by atoms with van der Waals surface area (Å²) in [5.74, 6) is 0.897. The SMILES string of the molecule is c1ccc(CCCCN(CC2CCCNC2)C2CC2)cc1. The lowest BCUT2D eigenvalue weighted by Gasteiger charge is -2.30. The van der Waals surface area contributed by atoms with Crippen molar-refractivity contribution in [3.63, 3.8) is 0 Å². The molecular formula is C19H30N2. The Bertz CT molecular complexity index is 393. The molecule has 1 aromatic carbocycles. The second-order valence-electron chi connectivity index (χ2n) is 6.88. The lowest BCUT2D eigenvalue weighted by Crippen LogP contribution is -2.39. The summed E-state index contributed by atoms with van der Waals surface area (Å²) in [5.41, 5.74) is 1.49. The summed E-state index contributed by atoms with van der Waals surface area (Å²) in [7, 11) is 0. The van der Waals surface area contributed by atoms with Crippen molar-refractivity contribution in [1.82, 2.24) is 10.2 Å². The minimum Gasteiger partial charge on any atom is -0.316 e. The molecule has 1 unspecified atom stereocenters. The largest absolute Gasteiger partial charge is 0.316 e. The summed E-state index contributed by atoms with van der Waals surface area (Å²) >= 11 is 0. The van der Waals surface area contributed by atoms with Gasteiger partial charge in [-0.05, 0) is 76.1 Å². The molecule has 1 aliphatic carbocycles. The summed E-state index contributed by atoms with van der Waals surface area (Å²) in [6, 6.07) is 11.8. The first-order chi connectivity index (χ1) is 10.4. The summed E-state index contributed by atoms with van der Waals surface area (Å²) in [6.45, 7) is 5.13. The molecule has 2 heteroatoms. The molecule has 21 heavy (non-hydrogen) atoms. The predicted molar refractivity (Wildman–Crippen MR) is 89.6 cm³/mol. The van der Waals surface area contributed by atoms with E-state index in [2.05, 4.69) is 40.5 Å². The molecule has 1 saturated carbocycles. The van der Waals surface area contributed by atoms with Crippen molar-refractivity contribution in [3.05, 3.63) is 35.9 Å². The molecule has 0 aromatic heterocycles. The Hall–Kier alpha value is -0.860. The van der Waals surface area contributed by atoms with Gasteiger partial charge in [0.1, 0.15) is 0 Å². The summed E-state index contributed by atoms with van der Waals surface area (Å²) in [4.78, 5) is 2.79. The molecule has 1 aromatic rings. The maximum atomic E-state index is 3.56. The van der Waals surface area contributed by atoms with Crippen LogP contribution < -0.4 is 5.32 Å². The van der Waals surface area contributed by atoms with Gasteiger partial charge in [0.25, 0.3) is 0 Å². The number of hydrogen-bond acceptors (Lipinski definition) is 2. The normalized spacial score (nSPS) is 22.6. The van der Waals surface area contributed by atoms with Gasteiger partial charge in [-0.25, -0.2) is 0 Å². The summed E-state index contributed by atoms with van der Waals surface area (Å²) < 4.78 is 0. The van der Waals surface area contributed by atoms with Crippen LogP contribution in [0, 0.1) is 5.92 Å². The van der Waals surface area contributed by atoms with Crippen LogP contribution in [0.15, 0.2) is 30.3 Å². The second-order valence-corrected chi connectivity index (χ2v) is 6.88. The van der Waals surface area contributed by atoms with Crippen LogP contribution in [0.3, 0.4) is 0 Å². The van der Waals surface area contributed by atoms with Crippen LogP contribution in [0.25, 0.3) is 0 Å². The van der Waals surface area contributed by atoms with E-state index >= 15 is 0 Å². The Kier molecular flexibility index (Phi) is 5.70. The van der Waals surface area contributed by atoms with Crippen molar-refractivity contribution >= 4 is 0 Å². The molecule has 2 nitrogen and oxygen atoms in total. The van der Waals surface area contributed by atoms with E-state index in [0.717, 1.165) is 12.0 Å². The molecule has 1 N–H and O–H groups in total. The minimum absolute atomic E-state index is 0.897. The molecule has 0 amide bonds. The monoisotopic (exact) mass is 286 g/mol. The van der Waals surface area contributed by atoms with Gasteiger partial charge in [0, 0.05) is 12.6 Å². The van der Waals surface area contributed by atoms with Crippen molar-refractivity contribution in [2.75, 3.05) is 26.2 Å². The van der Waals surface area contributed by atoms with Crippen LogP contribution in [0.5, 0.6) is 0 Å². The van der Waals surface area contributed by atoms with Crippen LogP contribution in [0.4, 0.5) is 0 Å². The van der Waals surface area contributed by atoms with Gasteiger partial charge in [-0.15, -0.1) is 0 Å². The van der Waals surface area contributed by atoms with Crippen LogP contribution in [0.2, 0.25) is 0 Å². The first-order valence-corrected chi connectivity index (χ1v) is 8.90. The van der Waals surface area contributed by atoms with Gasteiger partial charge in [-0.2, -0.15) is 0 Å². The fraction of sp³-hybridized carbons (Fsp3) is 0.684. The van der Waals surface area contributed by atoms with Crippen molar-refractivity contribution in [2.45, 2.75) is 51.0 Å². The first-order valence-electron chi connectivity index (χ1n) is 8.90. The van der Waals surface area contributed by atoms with Gasteiger partial charge in [0.15, 0.2) is 0 Å². The van der Waals surface area contributed by atoms with E-state index in [0.29, 0.717) is 0 Å². The van der Waals surface area contributed by atoms with E-state index in [-0.39, 0.29) is 0 Å². The zero-order valence-electron chi connectivity index (χ0n) is 13.3. The van der Waals surface area contributed by atoms with E-state index in [1.807, 2.05) is 0 Å². The van der Waals surface area contributed by atoms with Gasteiger partial charge in [-0.1, -0.05) is 30.3 Å². The van der Waals surface area contributed by atoms with Crippen LogP contribution in [0.1, 0.15) is 44.1 Å². The van der Waals surface area contributed by atoms with E-state index in [4.69, 9.17) is 0 Å². The maximum absolute atomic E-state index is 3.56. The average Bonchev–Trinajstić information content (AvgIpc) is 3.37. The average molecular weight is 286 g/mol. The molecule has 0 radical (unpaired) electrons. The number of nitrogens with zero attached hydrogens (tertiary/aromatic N) is 1. The molecule has 2 aliphatic rings. The lowest BCUT2D eigenvalue weighted by molar-refractivity contribution is 0.197. The third-order valence-corrected chi connectivity index (χ3v) is 4.96. The van der Waals surface area contributed by atoms with E-state index in [9.17, 15) is 0 Å². The fourth-order valence-corrected chi connectivity index (χ4v) is 3.56. The Morgan fingerprint density at radius 3 is 2.62 bits per heavy atom. The molecule has 1 heterocycles. The molecular weight excluding hydrogens is 256 g/mol. The topological polar surface area (TPSA) is 15.3 Å². The Labute approximate surface area is 129 Å². The van der Waals surface area contributed by atoms with Gasteiger partial charge < -0.3 is 10.2 Å². The van der Waals surface area contributed by atoms with E-state index < -0.39 is 0 Å². The van der Waals surface area contributed by atoms with Crippen LogP contribution in [-0.4, -0.2) is 37.1 Å². The van der Waals surface area contributed by atoms with E-state index in [1.165, 1.54) is 76.7 Å². The highest BCUT2D eigenvalue weighted by Gasteiger charge is 2.30. The summed E-state index contributed by atoms with van der Waals surface area (Å²) in [5, 5.41) is 3.56. The van der Waals surface area contributed by atoms with Crippen molar-refractivity contribution in [2.24, 2.45) is 5.92 Å². The number of unbranched alkanes of at least 4 members (excludes halogenated alkanes) is 1. The number of benzene rings is 1. The number of piperidine rings is 1. The number of hydrogen-bond donors (Lipinski definition) is 1. The Morgan fingerprint density at radius 1 is 1.05 bits per heavy atom. The number of nitrogens with one attached hydrogen (secondary N) is 1. The molecule has 2 fully saturated rings. The zero-order chi connectivity index (χ0) is 14.3. The third kappa shape index (κ3) is 5.12. The van der Waals surface area contributed by atoms with E-state index in [1.54, 1.807) is 0 Å². The zero-order valence-corrected chi connectivity index (χ0v) is 13.3. The molecule has 3 rings (SSSR count). The number of rotatable bonds is 8. The smallest absolute Gasteiger partial charge is 0.00965 e. The van der Waals surface area contributed by atoms with Gasteiger partial charge in [0.2, 0.25) is 0 Å². The lowest BCUT2D eigenvalue weighted by atomic mass is 9.98. The standard InChI is InChI=1S/C19H30N2/c1-2-7-17(8-3-1)9-4-5-14-21(19-11-12-19)16-18-10-6-13-20-15-18/h1-3,7-8,18-20H,4-6,9-16H2. The highest BCUT2D eigenvalue weighted by molar-refractivity contribution is 5.14. The van der Waals surface area contributed by atoms with Crippen LogP contribution >= 0.6 is 0 Å². The molecule has 1 atom stereocenters.